The SMILES string of the molecule is NC(CCO)(CCO)O[PH](=O)OC(N)(CCO)CCO. The first-order valence-electron chi connectivity index (χ1n) is 6.28. The fraction of sp³-hybridized carbons (Fsp3) is 1.00. The number of hydrogen-bond donors (Lipinski definition) is 6. The molecule has 0 saturated carbocycles. The van der Waals surface area contributed by atoms with Crippen molar-refractivity contribution < 1.29 is 34.0 Å². The van der Waals surface area contributed by atoms with Gasteiger partial charge in [-0.25, -0.2) is 0 Å². The van der Waals surface area contributed by atoms with Gasteiger partial charge < -0.3 is 31.9 Å². The lowest BCUT2D eigenvalue weighted by Gasteiger charge is -2.32. The number of aliphatic hydroxyl groups is 4. The molecule has 0 amide bonds. The molecule has 0 spiro atoms. The zero-order valence-corrected chi connectivity index (χ0v) is 12.3. The van der Waals surface area contributed by atoms with Gasteiger partial charge in [-0.05, 0) is 0 Å². The van der Waals surface area contributed by atoms with Gasteiger partial charge in [0.2, 0.25) is 0 Å². The van der Waals surface area contributed by atoms with Crippen molar-refractivity contribution in [3.63, 3.8) is 0 Å². The van der Waals surface area contributed by atoms with Crippen molar-refractivity contribution in [1.82, 2.24) is 0 Å². The summed E-state index contributed by atoms with van der Waals surface area (Å²) in [6.07, 6.45) is -0.147. The highest BCUT2D eigenvalue weighted by atomic mass is 31.1. The first kappa shape index (κ1) is 19.9. The number of hydrogen-bond acceptors (Lipinski definition) is 9. The summed E-state index contributed by atoms with van der Waals surface area (Å²) in [5.74, 6) is 0. The molecular formula is C10H25N2O7P. The Morgan fingerprint density at radius 1 is 0.750 bits per heavy atom. The average molecular weight is 316 g/mol. The van der Waals surface area contributed by atoms with Gasteiger partial charge in [0.05, 0.1) is 0 Å². The third-order valence-corrected chi connectivity index (χ3v) is 3.86. The lowest BCUT2D eigenvalue weighted by molar-refractivity contribution is -0.0220. The van der Waals surface area contributed by atoms with Crippen LogP contribution in [0.1, 0.15) is 25.7 Å². The van der Waals surface area contributed by atoms with Gasteiger partial charge >= 0.3 is 8.25 Å². The van der Waals surface area contributed by atoms with Gasteiger partial charge in [-0.3, -0.25) is 13.6 Å². The zero-order valence-electron chi connectivity index (χ0n) is 11.3. The first-order valence-corrected chi connectivity index (χ1v) is 7.50. The van der Waals surface area contributed by atoms with E-state index in [-0.39, 0.29) is 52.1 Å². The molecule has 0 aliphatic heterocycles. The van der Waals surface area contributed by atoms with Crippen LogP contribution in [0.5, 0.6) is 0 Å². The predicted octanol–water partition coefficient (Wildman–Crippen LogP) is -1.75. The molecule has 0 saturated heterocycles. The Kier molecular flexibility index (Phi) is 9.73. The van der Waals surface area contributed by atoms with Crippen molar-refractivity contribution in [2.24, 2.45) is 11.5 Å². The van der Waals surface area contributed by atoms with Crippen molar-refractivity contribution in [3.8, 4) is 0 Å². The molecule has 0 aliphatic rings. The second kappa shape index (κ2) is 9.78. The van der Waals surface area contributed by atoms with Crippen LogP contribution in [-0.4, -0.2) is 58.3 Å². The monoisotopic (exact) mass is 316 g/mol. The topological polar surface area (TPSA) is 168 Å². The third-order valence-electron chi connectivity index (χ3n) is 2.71. The summed E-state index contributed by atoms with van der Waals surface area (Å²) in [7, 11) is -3.14. The van der Waals surface area contributed by atoms with Gasteiger partial charge in [0.1, 0.15) is 11.4 Å². The molecule has 0 aromatic heterocycles. The molecule has 0 radical (unpaired) electrons. The van der Waals surface area contributed by atoms with Gasteiger partial charge in [-0.2, -0.15) is 0 Å². The molecule has 0 aromatic rings. The standard InChI is InChI=1S/C10H25N2O7P/c11-9(1-5-13,2-6-14)18-20(17)19-10(12,3-7-15)4-8-16/h13-16,20H,1-8,11-12H2. The van der Waals surface area contributed by atoms with Crippen LogP contribution in [0.15, 0.2) is 0 Å². The van der Waals surface area contributed by atoms with Crippen LogP contribution in [0.3, 0.4) is 0 Å². The summed E-state index contributed by atoms with van der Waals surface area (Å²) in [6.45, 7) is -1.25. The summed E-state index contributed by atoms with van der Waals surface area (Å²) >= 11 is 0. The van der Waals surface area contributed by atoms with E-state index in [2.05, 4.69) is 0 Å². The Hall–Kier alpha value is -0.0900. The van der Waals surface area contributed by atoms with E-state index in [1.54, 1.807) is 0 Å². The largest absolute Gasteiger partial charge is 0.396 e. The van der Waals surface area contributed by atoms with E-state index >= 15 is 0 Å². The molecule has 0 fully saturated rings. The number of aliphatic hydroxyl groups excluding tert-OH is 4. The van der Waals surface area contributed by atoms with Crippen LogP contribution >= 0.6 is 8.25 Å². The molecule has 0 aromatic carbocycles. The fourth-order valence-corrected chi connectivity index (χ4v) is 2.68. The lowest BCUT2D eigenvalue weighted by Crippen LogP contribution is -2.45. The fourth-order valence-electron chi connectivity index (χ4n) is 1.56. The van der Waals surface area contributed by atoms with E-state index in [1.807, 2.05) is 0 Å². The van der Waals surface area contributed by atoms with E-state index in [0.717, 1.165) is 0 Å². The van der Waals surface area contributed by atoms with Gasteiger partial charge in [-0.15, -0.1) is 0 Å². The minimum atomic E-state index is -3.14. The van der Waals surface area contributed by atoms with E-state index < -0.39 is 19.7 Å². The molecule has 0 heterocycles. The summed E-state index contributed by atoms with van der Waals surface area (Å²) in [4.78, 5) is 0. The van der Waals surface area contributed by atoms with Gasteiger partial charge in [0.15, 0.2) is 0 Å². The van der Waals surface area contributed by atoms with Crippen molar-refractivity contribution in [1.29, 1.82) is 0 Å². The van der Waals surface area contributed by atoms with E-state index in [0.29, 0.717) is 0 Å². The Labute approximate surface area is 118 Å². The maximum atomic E-state index is 11.8. The molecule has 0 atom stereocenters. The minimum Gasteiger partial charge on any atom is -0.396 e. The zero-order chi connectivity index (χ0) is 15.6. The summed E-state index contributed by atoms with van der Waals surface area (Å²) in [5, 5.41) is 35.5. The van der Waals surface area contributed by atoms with E-state index in [1.165, 1.54) is 0 Å². The Balaban J connectivity index is 4.63. The number of rotatable bonds is 12. The van der Waals surface area contributed by atoms with E-state index in [9.17, 15) is 4.57 Å². The summed E-state index contributed by atoms with van der Waals surface area (Å²) < 4.78 is 21.9. The number of nitrogens with two attached hydrogens (primary N) is 2. The minimum absolute atomic E-state index is 0.0368. The second-order valence-corrected chi connectivity index (χ2v) is 5.39. The Bertz CT molecular complexity index is 255. The molecule has 0 aliphatic carbocycles. The van der Waals surface area contributed by atoms with Crippen LogP contribution in [-0.2, 0) is 13.6 Å². The molecule has 0 rings (SSSR count). The summed E-state index contributed by atoms with van der Waals surface area (Å²) in [6, 6.07) is 0. The summed E-state index contributed by atoms with van der Waals surface area (Å²) in [5.41, 5.74) is 8.53. The molecule has 10 heteroatoms. The smallest absolute Gasteiger partial charge is 0.322 e. The third kappa shape index (κ3) is 7.63. The van der Waals surface area contributed by atoms with Gasteiger partial charge in [0.25, 0.3) is 0 Å². The Morgan fingerprint density at radius 3 is 1.20 bits per heavy atom. The maximum Gasteiger partial charge on any atom is 0.322 e. The average Bonchev–Trinajstić information content (AvgIpc) is 2.28. The van der Waals surface area contributed by atoms with E-state index in [4.69, 9.17) is 40.9 Å². The van der Waals surface area contributed by atoms with Crippen LogP contribution in [0, 0.1) is 0 Å². The second-order valence-electron chi connectivity index (χ2n) is 4.48. The van der Waals surface area contributed by atoms with Gasteiger partial charge in [-0.1, -0.05) is 0 Å². The normalized spacial score (nSPS) is 13.2. The molecular weight excluding hydrogens is 291 g/mol. The lowest BCUT2D eigenvalue weighted by atomic mass is 10.1. The molecule has 0 unspecified atom stereocenters. The van der Waals surface area contributed by atoms with Crippen LogP contribution < -0.4 is 11.5 Å². The molecule has 122 valence electrons. The van der Waals surface area contributed by atoms with Crippen molar-refractivity contribution in [3.05, 3.63) is 0 Å². The predicted molar refractivity (Wildman–Crippen MR) is 71.8 cm³/mol. The molecule has 0 bridgehead atoms. The van der Waals surface area contributed by atoms with Crippen molar-refractivity contribution in [2.45, 2.75) is 37.1 Å². The molecule has 20 heavy (non-hydrogen) atoms. The Morgan fingerprint density at radius 2 is 1.00 bits per heavy atom. The highest BCUT2D eigenvalue weighted by molar-refractivity contribution is 7.33. The highest BCUT2D eigenvalue weighted by Gasteiger charge is 2.32. The van der Waals surface area contributed by atoms with Crippen LogP contribution in [0.2, 0.25) is 0 Å². The van der Waals surface area contributed by atoms with Crippen LogP contribution in [0.4, 0.5) is 0 Å². The maximum absolute atomic E-state index is 11.8. The highest BCUT2D eigenvalue weighted by Crippen LogP contribution is 2.37. The molecule has 9 nitrogen and oxygen atoms in total. The van der Waals surface area contributed by atoms with Crippen LogP contribution in [0.25, 0.3) is 0 Å². The van der Waals surface area contributed by atoms with Crippen molar-refractivity contribution >= 4 is 8.25 Å². The van der Waals surface area contributed by atoms with Crippen molar-refractivity contribution in [2.75, 3.05) is 26.4 Å². The first-order chi connectivity index (χ1) is 9.34. The quantitative estimate of drug-likeness (QED) is 0.180. The molecule has 8 N–H and O–H groups in total. The van der Waals surface area contributed by atoms with Gasteiger partial charge in [0, 0.05) is 52.1 Å².